The highest BCUT2D eigenvalue weighted by molar-refractivity contribution is 7.98. The van der Waals surface area contributed by atoms with Gasteiger partial charge in [-0.25, -0.2) is 18.4 Å². The van der Waals surface area contributed by atoms with E-state index in [1.54, 1.807) is 18.2 Å². The fourth-order valence-electron chi connectivity index (χ4n) is 3.14. The summed E-state index contributed by atoms with van der Waals surface area (Å²) in [6.45, 7) is 1.88. The van der Waals surface area contributed by atoms with E-state index >= 15 is 0 Å². The van der Waals surface area contributed by atoms with E-state index in [1.807, 2.05) is 61.5 Å². The number of benzene rings is 3. The number of rotatable bonds is 6. The normalized spacial score (nSPS) is 12.4. The van der Waals surface area contributed by atoms with Gasteiger partial charge in [-0.1, -0.05) is 71.9 Å². The molecule has 0 bridgehead atoms. The highest BCUT2D eigenvalue weighted by atomic mass is 32.2. The van der Waals surface area contributed by atoms with E-state index in [9.17, 15) is 13.7 Å². The largest absolute Gasteiger partial charge is 0.246 e. The first-order valence-corrected chi connectivity index (χ1v) is 12.2. The maximum atomic E-state index is 13.3. The molecule has 0 radical (unpaired) electrons. The fraction of sp³-hybridized carbons (Fsp3) is 0.125. The second-order valence-electron chi connectivity index (χ2n) is 7.04. The van der Waals surface area contributed by atoms with Crippen LogP contribution in [0.3, 0.4) is 0 Å². The lowest BCUT2D eigenvalue weighted by atomic mass is 10.2. The van der Waals surface area contributed by atoms with Crippen LogP contribution in [0.2, 0.25) is 0 Å². The van der Waals surface area contributed by atoms with E-state index in [0.717, 1.165) is 11.1 Å². The molecule has 1 aromatic heterocycles. The first-order valence-electron chi connectivity index (χ1n) is 9.62. The summed E-state index contributed by atoms with van der Waals surface area (Å²) in [4.78, 5) is 9.34. The predicted molar refractivity (Wildman–Crippen MR) is 122 cm³/mol. The number of nitrogens with zero attached hydrogens (tertiary/aromatic N) is 3. The van der Waals surface area contributed by atoms with Crippen LogP contribution in [0.1, 0.15) is 22.1 Å². The third-order valence-electron chi connectivity index (χ3n) is 4.81. The summed E-state index contributed by atoms with van der Waals surface area (Å²) in [6.07, 6.45) is 0. The van der Waals surface area contributed by atoms with Crippen molar-refractivity contribution in [1.29, 1.82) is 5.26 Å². The van der Waals surface area contributed by atoms with Gasteiger partial charge in [0.25, 0.3) is 0 Å². The Kier molecular flexibility index (Phi) is 6.03. The van der Waals surface area contributed by atoms with Crippen LogP contribution in [0, 0.1) is 18.3 Å². The van der Waals surface area contributed by atoms with Crippen molar-refractivity contribution in [1.82, 2.24) is 9.97 Å². The molecular weight excluding hydrogens is 426 g/mol. The Balaban J connectivity index is 1.81. The van der Waals surface area contributed by atoms with E-state index in [2.05, 4.69) is 9.97 Å². The molecule has 31 heavy (non-hydrogen) atoms. The molecule has 0 aliphatic heterocycles. The quantitative estimate of drug-likeness (QED) is 0.376. The van der Waals surface area contributed by atoms with Crippen LogP contribution in [0.25, 0.3) is 11.0 Å². The summed E-state index contributed by atoms with van der Waals surface area (Å²) in [6, 6.07) is 25.6. The van der Waals surface area contributed by atoms with E-state index in [0.29, 0.717) is 21.8 Å². The zero-order chi connectivity index (χ0) is 21.8. The number of thioether (sulfide) groups is 1. The van der Waals surface area contributed by atoms with E-state index < -0.39 is 15.1 Å². The van der Waals surface area contributed by atoms with Gasteiger partial charge in [0.05, 0.1) is 22.0 Å². The molecule has 7 heteroatoms. The van der Waals surface area contributed by atoms with E-state index in [-0.39, 0.29) is 10.6 Å². The number of fused-ring (bicyclic) bond motifs is 1. The molecule has 0 spiro atoms. The first-order chi connectivity index (χ1) is 15.0. The number of nitriles is 1. The van der Waals surface area contributed by atoms with Gasteiger partial charge in [-0.15, -0.1) is 0 Å². The highest BCUT2D eigenvalue weighted by Crippen LogP contribution is 2.35. The number of hydrogen-bond donors (Lipinski definition) is 0. The minimum absolute atomic E-state index is 0.0959. The van der Waals surface area contributed by atoms with Crippen molar-refractivity contribution in [2.75, 3.05) is 0 Å². The number of hydrogen-bond acceptors (Lipinski definition) is 6. The van der Waals surface area contributed by atoms with Gasteiger partial charge in [-0.3, -0.25) is 0 Å². The number of sulfone groups is 1. The van der Waals surface area contributed by atoms with Gasteiger partial charge >= 0.3 is 0 Å². The summed E-state index contributed by atoms with van der Waals surface area (Å²) >= 11 is 1.38. The molecule has 0 aliphatic rings. The average molecular weight is 446 g/mol. The molecule has 0 aliphatic carbocycles. The summed E-state index contributed by atoms with van der Waals surface area (Å²) < 4.78 is 26.7. The Morgan fingerprint density at radius 3 is 2.16 bits per heavy atom. The molecule has 4 rings (SSSR count). The minimum Gasteiger partial charge on any atom is -0.246 e. The van der Waals surface area contributed by atoms with Gasteiger partial charge in [0.15, 0.2) is 15.1 Å². The third-order valence-corrected chi connectivity index (χ3v) is 7.74. The second-order valence-corrected chi connectivity index (χ2v) is 10.0. The van der Waals surface area contributed by atoms with E-state index in [4.69, 9.17) is 0 Å². The third kappa shape index (κ3) is 4.46. The molecular formula is C24H19N3O2S2. The maximum Gasteiger partial charge on any atom is 0.200 e. The van der Waals surface area contributed by atoms with Gasteiger partial charge in [-0.05, 0) is 36.8 Å². The number of aromatic nitrogens is 2. The summed E-state index contributed by atoms with van der Waals surface area (Å²) in [7, 11) is -3.97. The summed E-state index contributed by atoms with van der Waals surface area (Å²) in [5, 5.41) is 8.90. The molecule has 5 nitrogen and oxygen atoms in total. The molecule has 154 valence electrons. The molecule has 0 unspecified atom stereocenters. The van der Waals surface area contributed by atoms with Crippen molar-refractivity contribution in [2.24, 2.45) is 0 Å². The molecule has 0 amide bonds. The Labute approximate surface area is 185 Å². The Morgan fingerprint density at radius 1 is 0.903 bits per heavy atom. The Hall–Kier alpha value is -3.21. The smallest absolute Gasteiger partial charge is 0.200 e. The maximum absolute atomic E-state index is 13.3. The lowest BCUT2D eigenvalue weighted by Crippen LogP contribution is -2.15. The molecule has 0 saturated carbocycles. The zero-order valence-electron chi connectivity index (χ0n) is 16.8. The molecule has 0 fully saturated rings. The van der Waals surface area contributed by atoms with Crippen LogP contribution in [0.5, 0.6) is 0 Å². The van der Waals surface area contributed by atoms with Crippen molar-refractivity contribution in [3.8, 4) is 6.07 Å². The van der Waals surface area contributed by atoms with Crippen LogP contribution >= 0.6 is 11.8 Å². The Bertz CT molecular complexity index is 1360. The van der Waals surface area contributed by atoms with Crippen LogP contribution in [0.4, 0.5) is 0 Å². The number of aryl methyl sites for hydroxylation is 1. The van der Waals surface area contributed by atoms with Crippen molar-refractivity contribution in [3.63, 3.8) is 0 Å². The first kappa shape index (κ1) is 21.0. The molecule has 3 aromatic carbocycles. The van der Waals surface area contributed by atoms with Crippen LogP contribution in [0.15, 0.2) is 88.8 Å². The highest BCUT2D eigenvalue weighted by Gasteiger charge is 2.33. The van der Waals surface area contributed by atoms with Gasteiger partial charge in [0.2, 0.25) is 0 Å². The monoisotopic (exact) mass is 445 g/mol. The van der Waals surface area contributed by atoms with Gasteiger partial charge in [-0.2, -0.15) is 5.26 Å². The minimum atomic E-state index is -3.97. The van der Waals surface area contributed by atoms with Crippen LogP contribution in [-0.2, 0) is 15.6 Å². The molecule has 0 N–H and O–H groups in total. The lowest BCUT2D eigenvalue weighted by molar-refractivity contribution is 0.589. The average Bonchev–Trinajstić information content (AvgIpc) is 2.79. The Morgan fingerprint density at radius 2 is 1.52 bits per heavy atom. The van der Waals surface area contributed by atoms with Crippen molar-refractivity contribution < 1.29 is 8.42 Å². The molecule has 0 saturated heterocycles. The fourth-order valence-corrected chi connectivity index (χ4v) is 5.57. The number of para-hydroxylation sites is 2. The SMILES string of the molecule is Cc1ccc(S(=O)(=O)[C@H](C#N)c2nc3ccccc3nc2SCc2ccccc2)cc1. The van der Waals surface area contributed by atoms with Gasteiger partial charge in [0.1, 0.15) is 10.7 Å². The zero-order valence-corrected chi connectivity index (χ0v) is 18.4. The molecule has 1 heterocycles. The van der Waals surface area contributed by atoms with Crippen molar-refractivity contribution in [2.45, 2.75) is 27.8 Å². The summed E-state index contributed by atoms with van der Waals surface area (Å²) in [5.74, 6) is 0.587. The van der Waals surface area contributed by atoms with E-state index in [1.165, 1.54) is 23.9 Å². The second kappa shape index (κ2) is 8.88. The van der Waals surface area contributed by atoms with Gasteiger partial charge in [0, 0.05) is 5.75 Å². The molecule has 4 aromatic rings. The lowest BCUT2D eigenvalue weighted by Gasteiger charge is -2.15. The van der Waals surface area contributed by atoms with Gasteiger partial charge < -0.3 is 0 Å². The van der Waals surface area contributed by atoms with Crippen LogP contribution in [-0.4, -0.2) is 18.4 Å². The predicted octanol–water partition coefficient (Wildman–Crippen LogP) is 5.27. The van der Waals surface area contributed by atoms with Crippen LogP contribution < -0.4 is 0 Å². The summed E-state index contributed by atoms with van der Waals surface area (Å²) in [5.41, 5.74) is 3.40. The van der Waals surface area contributed by atoms with Crippen molar-refractivity contribution in [3.05, 3.63) is 95.7 Å². The topological polar surface area (TPSA) is 83.7 Å². The van der Waals surface area contributed by atoms with Crippen molar-refractivity contribution >= 4 is 32.6 Å². The standard InChI is InChI=1S/C24H19N3O2S2/c1-17-11-13-19(14-12-17)31(28,29)22(15-25)23-24(30-16-18-7-3-2-4-8-18)27-21-10-6-5-9-20(21)26-23/h2-14,22H,16H2,1H3/t22-/m1/s1. The molecule has 1 atom stereocenters.